The summed E-state index contributed by atoms with van der Waals surface area (Å²) in [6.07, 6.45) is -7.79. The number of halogens is 3. The first kappa shape index (κ1) is 34.3. The van der Waals surface area contributed by atoms with E-state index in [2.05, 4.69) is 16.0 Å². The summed E-state index contributed by atoms with van der Waals surface area (Å²) in [7, 11) is 0. The maximum absolute atomic E-state index is 13.5. The number of carboxylic acids is 1. The van der Waals surface area contributed by atoms with Crippen LogP contribution in [0.3, 0.4) is 0 Å². The van der Waals surface area contributed by atoms with Gasteiger partial charge < -0.3 is 35.8 Å². The second-order valence-corrected chi connectivity index (χ2v) is 10.2. The first-order valence-electron chi connectivity index (χ1n) is 13.5. The molecule has 4 amide bonds. The second kappa shape index (κ2) is 15.4. The van der Waals surface area contributed by atoms with Gasteiger partial charge in [0, 0.05) is 26.3 Å². The summed E-state index contributed by atoms with van der Waals surface area (Å²) in [6.45, 7) is 4.99. The minimum absolute atomic E-state index is 0.0317. The molecule has 1 heterocycles. The minimum atomic E-state index is -4.63. The number of amides is 4. The van der Waals surface area contributed by atoms with Crippen LogP contribution in [0, 0.1) is 5.92 Å². The van der Waals surface area contributed by atoms with Crippen LogP contribution < -0.4 is 16.0 Å². The molecule has 42 heavy (non-hydrogen) atoms. The lowest BCUT2D eigenvalue weighted by molar-refractivity contribution is -0.149. The highest BCUT2D eigenvalue weighted by atomic mass is 19.4. The number of ether oxygens (including phenoxy) is 1. The molecule has 15 heteroatoms. The Bertz CT molecular complexity index is 1120. The summed E-state index contributed by atoms with van der Waals surface area (Å²) in [5, 5.41) is 26.1. The standard InChI is InChI=1S/C27H37F3N4O8/c1-4-15(2)22(25(39)31-19(26(40)41)9-10-27(28,29)30)33-23(37)20(13-17-5-7-18(36)8-6-17)32-24(38)21-14-34(16(3)35)11-12-42-21/h5-8,15,19-22,36H,4,9-14H2,1-3H3,(H,31,39)(H,32,38)(H,33,37)(H,40,41)/t15?,19?,20?,21-,22?/m1/s1. The molecule has 0 saturated carbocycles. The number of nitrogens with one attached hydrogen (secondary N) is 3. The quantitative estimate of drug-likeness (QED) is 0.223. The van der Waals surface area contributed by atoms with Crippen molar-refractivity contribution in [1.82, 2.24) is 20.9 Å². The van der Waals surface area contributed by atoms with Crippen molar-refractivity contribution in [3.05, 3.63) is 29.8 Å². The minimum Gasteiger partial charge on any atom is -0.508 e. The third-order valence-electron chi connectivity index (χ3n) is 6.94. The zero-order chi connectivity index (χ0) is 31.6. The Morgan fingerprint density at radius 3 is 2.24 bits per heavy atom. The zero-order valence-electron chi connectivity index (χ0n) is 23.6. The number of nitrogens with zero attached hydrogens (tertiary/aromatic N) is 1. The molecule has 1 aromatic rings. The van der Waals surface area contributed by atoms with Crippen molar-refractivity contribution in [3.63, 3.8) is 0 Å². The molecule has 0 bridgehead atoms. The number of aromatic hydroxyl groups is 1. The first-order valence-corrected chi connectivity index (χ1v) is 13.5. The van der Waals surface area contributed by atoms with Crippen molar-refractivity contribution in [2.24, 2.45) is 5.92 Å². The van der Waals surface area contributed by atoms with E-state index >= 15 is 0 Å². The molecule has 5 atom stereocenters. The molecule has 0 spiro atoms. The number of phenols is 1. The lowest BCUT2D eigenvalue weighted by Gasteiger charge is -2.32. The van der Waals surface area contributed by atoms with Crippen molar-refractivity contribution < 1.29 is 52.1 Å². The van der Waals surface area contributed by atoms with Gasteiger partial charge in [-0.3, -0.25) is 19.2 Å². The van der Waals surface area contributed by atoms with Crippen LogP contribution in [0.25, 0.3) is 0 Å². The van der Waals surface area contributed by atoms with E-state index in [9.17, 15) is 47.4 Å². The van der Waals surface area contributed by atoms with Crippen LogP contribution in [0.2, 0.25) is 0 Å². The van der Waals surface area contributed by atoms with Gasteiger partial charge in [-0.05, 0) is 30.0 Å². The summed E-state index contributed by atoms with van der Waals surface area (Å²) >= 11 is 0. The average Bonchev–Trinajstić information content (AvgIpc) is 2.93. The maximum atomic E-state index is 13.5. The van der Waals surface area contributed by atoms with Crippen LogP contribution in [0.5, 0.6) is 5.75 Å². The van der Waals surface area contributed by atoms with Gasteiger partial charge in [0.2, 0.25) is 17.7 Å². The van der Waals surface area contributed by atoms with Gasteiger partial charge in [-0.25, -0.2) is 4.79 Å². The van der Waals surface area contributed by atoms with E-state index in [-0.39, 0.29) is 31.2 Å². The number of carboxylic acid groups (broad SMARTS) is 1. The molecular weight excluding hydrogens is 565 g/mol. The summed E-state index contributed by atoms with van der Waals surface area (Å²) in [4.78, 5) is 64.4. The fraction of sp³-hybridized carbons (Fsp3) is 0.593. The number of hydrogen-bond acceptors (Lipinski definition) is 7. The molecule has 1 fully saturated rings. The molecule has 1 aliphatic heterocycles. The third-order valence-corrected chi connectivity index (χ3v) is 6.94. The molecule has 0 aromatic heterocycles. The molecule has 0 aliphatic carbocycles. The Morgan fingerprint density at radius 1 is 1.05 bits per heavy atom. The predicted molar refractivity (Wildman–Crippen MR) is 142 cm³/mol. The molecule has 5 N–H and O–H groups in total. The summed E-state index contributed by atoms with van der Waals surface area (Å²) in [5.41, 5.74) is 0.533. The molecule has 1 aliphatic rings. The number of hydrogen-bond donors (Lipinski definition) is 5. The van der Waals surface area contributed by atoms with Gasteiger partial charge in [-0.1, -0.05) is 32.4 Å². The topological polar surface area (TPSA) is 174 Å². The van der Waals surface area contributed by atoms with Crippen LogP contribution >= 0.6 is 0 Å². The number of morpholine rings is 1. The monoisotopic (exact) mass is 602 g/mol. The Morgan fingerprint density at radius 2 is 1.69 bits per heavy atom. The van der Waals surface area contributed by atoms with Gasteiger partial charge in [-0.15, -0.1) is 0 Å². The first-order chi connectivity index (χ1) is 19.6. The van der Waals surface area contributed by atoms with Gasteiger partial charge in [0.15, 0.2) is 6.10 Å². The number of benzene rings is 1. The maximum Gasteiger partial charge on any atom is 0.389 e. The predicted octanol–water partition coefficient (Wildman–Crippen LogP) is 1.11. The molecule has 1 saturated heterocycles. The molecule has 12 nitrogen and oxygen atoms in total. The van der Waals surface area contributed by atoms with E-state index < -0.39 is 72.9 Å². The fourth-order valence-corrected chi connectivity index (χ4v) is 4.22. The van der Waals surface area contributed by atoms with Crippen molar-refractivity contribution in [3.8, 4) is 5.75 Å². The number of carbonyl (C=O) groups is 5. The van der Waals surface area contributed by atoms with Gasteiger partial charge in [0.1, 0.15) is 23.9 Å². The Labute approximate surface area is 241 Å². The van der Waals surface area contributed by atoms with Crippen molar-refractivity contribution >= 4 is 29.6 Å². The van der Waals surface area contributed by atoms with Crippen LogP contribution in [0.1, 0.15) is 45.6 Å². The smallest absolute Gasteiger partial charge is 0.389 e. The summed E-state index contributed by atoms with van der Waals surface area (Å²) < 4.78 is 43.5. The molecule has 234 valence electrons. The highest BCUT2D eigenvalue weighted by Gasteiger charge is 2.36. The second-order valence-electron chi connectivity index (χ2n) is 10.2. The van der Waals surface area contributed by atoms with E-state index in [1.54, 1.807) is 13.8 Å². The Balaban J connectivity index is 2.25. The van der Waals surface area contributed by atoms with Crippen LogP contribution in [-0.4, -0.2) is 94.8 Å². The number of rotatable bonds is 13. The van der Waals surface area contributed by atoms with E-state index in [4.69, 9.17) is 4.74 Å². The number of aliphatic carboxylic acids is 1. The van der Waals surface area contributed by atoms with Gasteiger partial charge in [0.05, 0.1) is 13.2 Å². The van der Waals surface area contributed by atoms with Gasteiger partial charge in [-0.2, -0.15) is 13.2 Å². The van der Waals surface area contributed by atoms with Crippen LogP contribution in [0.15, 0.2) is 24.3 Å². The van der Waals surface area contributed by atoms with E-state index in [1.165, 1.54) is 36.1 Å². The Hall–Kier alpha value is -3.88. The third kappa shape index (κ3) is 10.8. The molecule has 1 aromatic carbocycles. The molecule has 2 rings (SSSR count). The summed E-state index contributed by atoms with van der Waals surface area (Å²) in [5.74, 6) is -5.02. The zero-order valence-corrected chi connectivity index (χ0v) is 23.6. The fourth-order valence-electron chi connectivity index (χ4n) is 4.22. The SMILES string of the molecule is CCC(C)C(NC(=O)C(Cc1ccc(O)cc1)NC(=O)[C@H]1CN(C(C)=O)CCO1)C(=O)NC(CCC(F)(F)F)C(=O)O. The van der Waals surface area contributed by atoms with E-state index in [1.807, 2.05) is 0 Å². The highest BCUT2D eigenvalue weighted by molar-refractivity contribution is 5.94. The van der Waals surface area contributed by atoms with Crippen LogP contribution in [0.4, 0.5) is 13.2 Å². The number of alkyl halides is 3. The van der Waals surface area contributed by atoms with Crippen molar-refractivity contribution in [2.75, 3.05) is 19.7 Å². The molecule has 0 radical (unpaired) electrons. The molecule has 4 unspecified atom stereocenters. The van der Waals surface area contributed by atoms with Gasteiger partial charge in [0.25, 0.3) is 5.91 Å². The van der Waals surface area contributed by atoms with Crippen molar-refractivity contribution in [1.29, 1.82) is 0 Å². The van der Waals surface area contributed by atoms with E-state index in [0.29, 0.717) is 18.5 Å². The van der Waals surface area contributed by atoms with E-state index in [0.717, 1.165) is 0 Å². The lowest BCUT2D eigenvalue weighted by Crippen LogP contribution is -2.60. The van der Waals surface area contributed by atoms with Gasteiger partial charge >= 0.3 is 12.1 Å². The van der Waals surface area contributed by atoms with Crippen LogP contribution in [-0.2, 0) is 35.1 Å². The normalized spacial score (nSPS) is 18.2. The average molecular weight is 603 g/mol. The summed E-state index contributed by atoms with van der Waals surface area (Å²) in [6, 6.07) is 1.34. The number of phenolic OH excluding ortho intramolecular Hbond substituents is 1. The largest absolute Gasteiger partial charge is 0.508 e. The molecular formula is C27H37F3N4O8. The Kier molecular flexibility index (Phi) is 12.6. The number of carbonyl (C=O) groups excluding carboxylic acids is 4. The highest BCUT2D eigenvalue weighted by Crippen LogP contribution is 2.22. The lowest BCUT2D eigenvalue weighted by atomic mass is 9.96. The van der Waals surface area contributed by atoms with Crippen molar-refractivity contribution in [2.45, 2.75) is 76.9 Å².